The van der Waals surface area contributed by atoms with Gasteiger partial charge >= 0.3 is 0 Å². The molecule has 1 aromatic heterocycles. The highest BCUT2D eigenvalue weighted by Crippen LogP contribution is 2.32. The molecule has 2 aromatic rings. The number of benzene rings is 1. The zero-order chi connectivity index (χ0) is 17.3. The van der Waals surface area contributed by atoms with E-state index >= 15 is 0 Å². The monoisotopic (exact) mass is 326 g/mol. The molecule has 3 rings (SSSR count). The van der Waals surface area contributed by atoms with E-state index in [0.717, 1.165) is 11.1 Å². The standard InChI is InChI=1S/C19H22N2O3/c1-12-7-9-13(10-8-12)18-20-15(17(22)21-19(2,3)4)16(24-18)14-6-5-11-23-14/h5-11,15-16H,1-4H3,(H,21,22)/t15-,16+/m0/s1. The Morgan fingerprint density at radius 3 is 2.46 bits per heavy atom. The fourth-order valence-electron chi connectivity index (χ4n) is 2.55. The summed E-state index contributed by atoms with van der Waals surface area (Å²) in [6.45, 7) is 7.83. The van der Waals surface area contributed by atoms with Crippen LogP contribution in [0.5, 0.6) is 0 Å². The van der Waals surface area contributed by atoms with Gasteiger partial charge in [0, 0.05) is 11.1 Å². The van der Waals surface area contributed by atoms with Crippen LogP contribution in [0.3, 0.4) is 0 Å². The van der Waals surface area contributed by atoms with Gasteiger partial charge in [0.25, 0.3) is 0 Å². The van der Waals surface area contributed by atoms with Crippen LogP contribution in [0.4, 0.5) is 0 Å². The number of furan rings is 1. The summed E-state index contributed by atoms with van der Waals surface area (Å²) in [5, 5.41) is 2.97. The molecule has 0 saturated heterocycles. The minimum absolute atomic E-state index is 0.175. The van der Waals surface area contributed by atoms with Gasteiger partial charge in [-0.1, -0.05) is 17.7 Å². The Hall–Kier alpha value is -2.56. The molecule has 0 fully saturated rings. The number of carbonyl (C=O) groups is 1. The van der Waals surface area contributed by atoms with E-state index in [1.807, 2.05) is 52.0 Å². The first-order valence-corrected chi connectivity index (χ1v) is 8.00. The van der Waals surface area contributed by atoms with Crippen LogP contribution in [-0.2, 0) is 9.53 Å². The molecular weight excluding hydrogens is 304 g/mol. The molecule has 126 valence electrons. The number of nitrogens with one attached hydrogen (secondary N) is 1. The highest BCUT2D eigenvalue weighted by molar-refractivity contribution is 5.99. The molecule has 2 heterocycles. The van der Waals surface area contributed by atoms with Crippen molar-refractivity contribution in [1.82, 2.24) is 5.32 Å². The average Bonchev–Trinajstić information content (AvgIpc) is 3.15. The number of nitrogens with zero attached hydrogens (tertiary/aromatic N) is 1. The molecule has 1 N–H and O–H groups in total. The van der Waals surface area contributed by atoms with Crippen molar-refractivity contribution in [3.8, 4) is 0 Å². The number of aliphatic imine (C=N–C) groups is 1. The zero-order valence-electron chi connectivity index (χ0n) is 14.4. The third-order valence-corrected chi connectivity index (χ3v) is 3.67. The molecule has 5 nitrogen and oxygen atoms in total. The molecule has 1 aliphatic heterocycles. The largest absolute Gasteiger partial charge is 0.465 e. The number of ether oxygens (including phenoxy) is 1. The second-order valence-electron chi connectivity index (χ2n) is 7.04. The number of hydrogen-bond donors (Lipinski definition) is 1. The van der Waals surface area contributed by atoms with Gasteiger partial charge in [-0.15, -0.1) is 0 Å². The topological polar surface area (TPSA) is 63.8 Å². The Bertz CT molecular complexity index is 740. The normalized spacial score (nSPS) is 20.4. The van der Waals surface area contributed by atoms with Gasteiger partial charge in [0.1, 0.15) is 5.76 Å². The third kappa shape index (κ3) is 3.50. The summed E-state index contributed by atoms with van der Waals surface area (Å²) >= 11 is 0. The highest BCUT2D eigenvalue weighted by Gasteiger charge is 2.40. The van der Waals surface area contributed by atoms with Crippen molar-refractivity contribution in [2.24, 2.45) is 4.99 Å². The predicted molar refractivity (Wildman–Crippen MR) is 91.9 cm³/mol. The first-order chi connectivity index (χ1) is 11.3. The number of rotatable bonds is 3. The minimum Gasteiger partial charge on any atom is -0.465 e. The molecule has 0 saturated carbocycles. The molecule has 1 amide bonds. The smallest absolute Gasteiger partial charge is 0.249 e. The Morgan fingerprint density at radius 2 is 1.88 bits per heavy atom. The summed E-state index contributed by atoms with van der Waals surface area (Å²) in [5.41, 5.74) is 1.66. The van der Waals surface area contributed by atoms with Crippen molar-refractivity contribution in [2.45, 2.75) is 45.4 Å². The fraction of sp³-hybridized carbons (Fsp3) is 0.368. The SMILES string of the molecule is Cc1ccc(C2=N[C@H](C(=O)NC(C)(C)C)[C@@H](c3ccco3)O2)cc1. The van der Waals surface area contributed by atoms with Gasteiger partial charge in [0.05, 0.1) is 6.26 Å². The van der Waals surface area contributed by atoms with Crippen LogP contribution in [0.15, 0.2) is 52.1 Å². The zero-order valence-corrected chi connectivity index (χ0v) is 14.4. The molecule has 2 atom stereocenters. The maximum absolute atomic E-state index is 12.7. The van der Waals surface area contributed by atoms with Crippen molar-refractivity contribution in [2.75, 3.05) is 0 Å². The van der Waals surface area contributed by atoms with E-state index in [-0.39, 0.29) is 11.4 Å². The number of aryl methyl sites for hydroxylation is 1. The summed E-state index contributed by atoms with van der Waals surface area (Å²) < 4.78 is 11.4. The van der Waals surface area contributed by atoms with Gasteiger partial charge in [-0.25, -0.2) is 4.99 Å². The molecular formula is C19H22N2O3. The van der Waals surface area contributed by atoms with Crippen LogP contribution >= 0.6 is 0 Å². The highest BCUT2D eigenvalue weighted by atomic mass is 16.5. The summed E-state index contributed by atoms with van der Waals surface area (Å²) in [7, 11) is 0. The third-order valence-electron chi connectivity index (χ3n) is 3.67. The lowest BCUT2D eigenvalue weighted by atomic mass is 10.1. The Morgan fingerprint density at radius 1 is 1.17 bits per heavy atom. The lowest BCUT2D eigenvalue weighted by Gasteiger charge is -2.23. The van der Waals surface area contributed by atoms with Crippen molar-refractivity contribution in [3.05, 3.63) is 59.5 Å². The maximum atomic E-state index is 12.7. The summed E-state index contributed by atoms with van der Waals surface area (Å²) in [6.07, 6.45) is 1.01. The molecule has 0 bridgehead atoms. The molecule has 1 aromatic carbocycles. The van der Waals surface area contributed by atoms with Crippen LogP contribution in [-0.4, -0.2) is 23.4 Å². The van der Waals surface area contributed by atoms with E-state index in [2.05, 4.69) is 10.3 Å². The quantitative estimate of drug-likeness (QED) is 0.940. The average molecular weight is 326 g/mol. The van der Waals surface area contributed by atoms with Gasteiger partial charge < -0.3 is 14.5 Å². The molecule has 0 spiro atoms. The van der Waals surface area contributed by atoms with Gasteiger partial charge in [-0.2, -0.15) is 0 Å². The summed E-state index contributed by atoms with van der Waals surface area (Å²) in [4.78, 5) is 17.2. The first-order valence-electron chi connectivity index (χ1n) is 8.00. The molecule has 24 heavy (non-hydrogen) atoms. The Labute approximate surface area is 141 Å². The Balaban J connectivity index is 1.91. The van der Waals surface area contributed by atoms with Crippen molar-refractivity contribution in [1.29, 1.82) is 0 Å². The van der Waals surface area contributed by atoms with Crippen LogP contribution in [0.2, 0.25) is 0 Å². The molecule has 0 unspecified atom stereocenters. The summed E-state index contributed by atoms with van der Waals surface area (Å²) in [6, 6.07) is 10.8. The minimum atomic E-state index is -0.674. The lowest BCUT2D eigenvalue weighted by Crippen LogP contribution is -2.46. The van der Waals surface area contributed by atoms with E-state index in [4.69, 9.17) is 9.15 Å². The predicted octanol–water partition coefficient (Wildman–Crippen LogP) is 3.39. The van der Waals surface area contributed by atoms with E-state index in [9.17, 15) is 4.79 Å². The number of hydrogen-bond acceptors (Lipinski definition) is 4. The van der Waals surface area contributed by atoms with Gasteiger partial charge in [-0.05, 0) is 52.0 Å². The molecule has 0 aliphatic carbocycles. The lowest BCUT2D eigenvalue weighted by molar-refractivity contribution is -0.125. The van der Waals surface area contributed by atoms with Gasteiger partial charge in [0.15, 0.2) is 12.1 Å². The second kappa shape index (κ2) is 6.15. The van der Waals surface area contributed by atoms with Crippen LogP contribution in [0, 0.1) is 6.92 Å². The number of amides is 1. The van der Waals surface area contributed by atoms with Crippen LogP contribution in [0.25, 0.3) is 0 Å². The van der Waals surface area contributed by atoms with E-state index in [1.54, 1.807) is 18.4 Å². The fourth-order valence-corrected chi connectivity index (χ4v) is 2.55. The molecule has 5 heteroatoms. The van der Waals surface area contributed by atoms with Crippen LogP contribution in [0.1, 0.15) is 43.8 Å². The van der Waals surface area contributed by atoms with Crippen molar-refractivity contribution >= 4 is 11.8 Å². The molecule has 0 radical (unpaired) electrons. The number of carbonyl (C=O) groups excluding carboxylic acids is 1. The van der Waals surface area contributed by atoms with Crippen molar-refractivity contribution < 1.29 is 13.9 Å². The van der Waals surface area contributed by atoms with E-state index in [1.165, 1.54) is 0 Å². The van der Waals surface area contributed by atoms with Gasteiger partial charge in [0.2, 0.25) is 11.8 Å². The van der Waals surface area contributed by atoms with E-state index < -0.39 is 12.1 Å². The van der Waals surface area contributed by atoms with E-state index in [0.29, 0.717) is 11.7 Å². The molecule has 1 aliphatic rings. The van der Waals surface area contributed by atoms with Gasteiger partial charge in [-0.3, -0.25) is 4.79 Å². The van der Waals surface area contributed by atoms with Crippen LogP contribution < -0.4 is 5.32 Å². The second-order valence-corrected chi connectivity index (χ2v) is 7.04. The maximum Gasteiger partial charge on any atom is 0.249 e. The Kier molecular flexibility index (Phi) is 4.18. The summed E-state index contributed by atoms with van der Waals surface area (Å²) in [5.74, 6) is 0.881. The van der Waals surface area contributed by atoms with Crippen molar-refractivity contribution in [3.63, 3.8) is 0 Å². The first kappa shape index (κ1) is 16.3.